The lowest BCUT2D eigenvalue weighted by Crippen LogP contribution is -2.38. The van der Waals surface area contributed by atoms with Crippen LogP contribution in [-0.2, 0) is 15.8 Å². The van der Waals surface area contributed by atoms with Crippen molar-refractivity contribution >= 4 is 35.0 Å². The van der Waals surface area contributed by atoms with Crippen molar-refractivity contribution in [2.24, 2.45) is 0 Å². The van der Waals surface area contributed by atoms with E-state index in [0.717, 1.165) is 17.0 Å². The molecular formula is C17H11F3N2O2S. The molecule has 0 bridgehead atoms. The Labute approximate surface area is 145 Å². The van der Waals surface area contributed by atoms with Gasteiger partial charge < -0.3 is 5.32 Å². The third-order valence-corrected chi connectivity index (χ3v) is 5.49. The zero-order valence-electron chi connectivity index (χ0n) is 12.6. The third kappa shape index (κ3) is 2.48. The van der Waals surface area contributed by atoms with E-state index in [1.165, 1.54) is 23.9 Å². The number of carbonyl (C=O) groups excluding carboxylic acids is 2. The number of hydrogen-bond acceptors (Lipinski definition) is 4. The first kappa shape index (κ1) is 16.0. The number of carbonyl (C=O) groups is 2. The molecule has 4 rings (SSSR count). The monoisotopic (exact) mass is 364 g/mol. The zero-order valence-corrected chi connectivity index (χ0v) is 13.4. The number of rotatable bonds is 1. The summed E-state index contributed by atoms with van der Waals surface area (Å²) in [7, 11) is 0. The fraction of sp³-hybridized carbons (Fsp3) is 0.176. The smallest absolute Gasteiger partial charge is 0.371 e. The summed E-state index contributed by atoms with van der Waals surface area (Å²) < 4.78 is 39.8. The lowest BCUT2D eigenvalue weighted by atomic mass is 10.1. The maximum absolute atomic E-state index is 13.3. The number of fused-ring (bicyclic) bond motifs is 2. The predicted molar refractivity (Wildman–Crippen MR) is 87.4 cm³/mol. The Bertz CT molecular complexity index is 841. The van der Waals surface area contributed by atoms with Gasteiger partial charge in [0.1, 0.15) is 11.3 Å². The van der Waals surface area contributed by atoms with Crippen LogP contribution in [0.4, 0.5) is 24.5 Å². The van der Waals surface area contributed by atoms with Gasteiger partial charge in [-0.15, -0.1) is 11.8 Å². The van der Waals surface area contributed by atoms with Crippen LogP contribution in [0, 0.1) is 0 Å². The van der Waals surface area contributed by atoms with Crippen LogP contribution in [0.15, 0.2) is 53.4 Å². The minimum absolute atomic E-state index is 0.425. The summed E-state index contributed by atoms with van der Waals surface area (Å²) >= 11 is 1.20. The van der Waals surface area contributed by atoms with Gasteiger partial charge in [0.05, 0.1) is 11.3 Å². The van der Waals surface area contributed by atoms with Crippen molar-refractivity contribution in [2.75, 3.05) is 10.2 Å². The molecule has 2 aliphatic rings. The number of benzene rings is 2. The molecule has 2 aromatic carbocycles. The van der Waals surface area contributed by atoms with Gasteiger partial charge in [-0.05, 0) is 24.3 Å². The Balaban J connectivity index is 1.76. The number of hydrogen-bond donors (Lipinski definition) is 1. The maximum Gasteiger partial charge on any atom is 0.418 e. The second-order valence-electron chi connectivity index (χ2n) is 5.68. The topological polar surface area (TPSA) is 49.4 Å². The second-order valence-corrected chi connectivity index (χ2v) is 6.87. The van der Waals surface area contributed by atoms with Gasteiger partial charge in [-0.25, -0.2) is 4.90 Å². The molecule has 0 aliphatic carbocycles. The first-order valence-corrected chi connectivity index (χ1v) is 8.32. The molecule has 1 N–H and O–H groups in total. The molecule has 2 atom stereocenters. The van der Waals surface area contributed by atoms with E-state index in [9.17, 15) is 22.8 Å². The number of halogens is 3. The summed E-state index contributed by atoms with van der Waals surface area (Å²) in [4.78, 5) is 26.9. The minimum atomic E-state index is -4.66. The predicted octanol–water partition coefficient (Wildman–Crippen LogP) is 3.53. The summed E-state index contributed by atoms with van der Waals surface area (Å²) in [6, 6.07) is 10.9. The molecule has 2 aromatic rings. The average molecular weight is 364 g/mol. The number of nitrogens with zero attached hydrogens (tertiary/aromatic N) is 1. The van der Waals surface area contributed by atoms with Gasteiger partial charge in [-0.2, -0.15) is 13.2 Å². The Morgan fingerprint density at radius 3 is 2.40 bits per heavy atom. The summed E-state index contributed by atoms with van der Waals surface area (Å²) in [5.74, 6) is -1.31. The van der Waals surface area contributed by atoms with E-state index in [0.29, 0.717) is 10.6 Å². The molecule has 0 aromatic heterocycles. The highest BCUT2D eigenvalue weighted by atomic mass is 32.2. The lowest BCUT2D eigenvalue weighted by Gasteiger charge is -2.25. The van der Waals surface area contributed by atoms with E-state index < -0.39 is 40.5 Å². The van der Waals surface area contributed by atoms with E-state index in [-0.39, 0.29) is 0 Å². The number of anilines is 2. The van der Waals surface area contributed by atoms with Crippen LogP contribution in [0.3, 0.4) is 0 Å². The highest BCUT2D eigenvalue weighted by Crippen LogP contribution is 2.44. The molecule has 0 radical (unpaired) electrons. The first-order valence-electron chi connectivity index (χ1n) is 7.44. The van der Waals surface area contributed by atoms with Gasteiger partial charge in [-0.1, -0.05) is 24.3 Å². The SMILES string of the molecule is O=C1[C@@H]2Nc3ccccc3S[C@H]2C(=O)N1c1ccccc1C(F)(F)F. The van der Waals surface area contributed by atoms with Crippen molar-refractivity contribution in [3.8, 4) is 0 Å². The molecular weight excluding hydrogens is 353 g/mol. The van der Waals surface area contributed by atoms with Gasteiger partial charge in [0.25, 0.3) is 5.91 Å². The van der Waals surface area contributed by atoms with Crippen LogP contribution in [0.25, 0.3) is 0 Å². The fourth-order valence-electron chi connectivity index (χ4n) is 3.04. The van der Waals surface area contributed by atoms with Crippen molar-refractivity contribution < 1.29 is 22.8 Å². The van der Waals surface area contributed by atoms with Gasteiger partial charge in [0.2, 0.25) is 5.91 Å². The molecule has 128 valence electrons. The quantitative estimate of drug-likeness (QED) is 0.787. The van der Waals surface area contributed by atoms with E-state index in [1.54, 1.807) is 24.3 Å². The Morgan fingerprint density at radius 1 is 0.960 bits per heavy atom. The maximum atomic E-state index is 13.3. The van der Waals surface area contributed by atoms with Gasteiger partial charge in [-0.3, -0.25) is 9.59 Å². The molecule has 4 nitrogen and oxygen atoms in total. The molecule has 25 heavy (non-hydrogen) atoms. The van der Waals surface area contributed by atoms with Crippen LogP contribution >= 0.6 is 11.8 Å². The van der Waals surface area contributed by atoms with Crippen LogP contribution in [0.2, 0.25) is 0 Å². The molecule has 0 saturated carbocycles. The molecule has 0 unspecified atom stereocenters. The first-order chi connectivity index (χ1) is 11.9. The van der Waals surface area contributed by atoms with E-state index >= 15 is 0 Å². The minimum Gasteiger partial charge on any atom is -0.371 e. The average Bonchev–Trinajstić information content (AvgIpc) is 2.83. The summed E-state index contributed by atoms with van der Waals surface area (Å²) in [5.41, 5.74) is -0.732. The van der Waals surface area contributed by atoms with Gasteiger partial charge in [0.15, 0.2) is 0 Å². The molecule has 0 spiro atoms. The van der Waals surface area contributed by atoms with Crippen molar-refractivity contribution in [2.45, 2.75) is 22.4 Å². The van der Waals surface area contributed by atoms with Crippen molar-refractivity contribution in [3.63, 3.8) is 0 Å². The number of para-hydroxylation sites is 2. The number of nitrogens with one attached hydrogen (secondary N) is 1. The number of imide groups is 1. The van der Waals surface area contributed by atoms with E-state index in [4.69, 9.17) is 0 Å². The second kappa shape index (κ2) is 5.52. The third-order valence-electron chi connectivity index (χ3n) is 4.16. The van der Waals surface area contributed by atoms with Crippen LogP contribution in [0.5, 0.6) is 0 Å². The summed E-state index contributed by atoms with van der Waals surface area (Å²) in [6.45, 7) is 0. The number of thioether (sulfide) groups is 1. The van der Waals surface area contributed by atoms with Crippen LogP contribution in [-0.4, -0.2) is 23.1 Å². The van der Waals surface area contributed by atoms with Crippen molar-refractivity contribution in [1.29, 1.82) is 0 Å². The Morgan fingerprint density at radius 2 is 1.64 bits per heavy atom. The lowest BCUT2D eigenvalue weighted by molar-refractivity contribution is -0.137. The molecule has 1 saturated heterocycles. The van der Waals surface area contributed by atoms with Gasteiger partial charge in [0, 0.05) is 10.6 Å². The van der Waals surface area contributed by atoms with Crippen LogP contribution in [0.1, 0.15) is 5.56 Å². The van der Waals surface area contributed by atoms with Crippen molar-refractivity contribution in [3.05, 3.63) is 54.1 Å². The molecule has 2 aliphatic heterocycles. The van der Waals surface area contributed by atoms with Crippen LogP contribution < -0.4 is 10.2 Å². The Kier molecular flexibility index (Phi) is 3.54. The standard InChI is InChI=1S/C17H11F3N2O2S/c18-17(19,20)9-5-1-3-7-11(9)22-15(23)13-14(16(22)24)25-12-8-4-2-6-10(12)21-13/h1-8,13-14,21H/t13-,14-/m1/s1. The largest absolute Gasteiger partial charge is 0.418 e. The number of alkyl halides is 3. The normalized spacial score (nSPS) is 22.4. The Hall–Kier alpha value is -2.48. The highest BCUT2D eigenvalue weighted by molar-refractivity contribution is 8.01. The molecule has 2 amide bonds. The van der Waals surface area contributed by atoms with E-state index in [1.807, 2.05) is 0 Å². The molecule has 8 heteroatoms. The molecule has 1 fully saturated rings. The summed E-state index contributed by atoms with van der Waals surface area (Å²) in [6.07, 6.45) is -4.66. The fourth-order valence-corrected chi connectivity index (χ4v) is 4.25. The summed E-state index contributed by atoms with van der Waals surface area (Å²) in [5, 5.41) is 2.19. The van der Waals surface area contributed by atoms with Gasteiger partial charge >= 0.3 is 6.18 Å². The zero-order chi connectivity index (χ0) is 17.8. The molecule has 2 heterocycles. The van der Waals surface area contributed by atoms with E-state index in [2.05, 4.69) is 5.32 Å². The number of amides is 2. The van der Waals surface area contributed by atoms with Crippen molar-refractivity contribution in [1.82, 2.24) is 0 Å². The highest BCUT2D eigenvalue weighted by Gasteiger charge is 2.52.